The van der Waals surface area contributed by atoms with Gasteiger partial charge < -0.3 is 29.1 Å². The number of rotatable bonds is 6. The molecular formula is C24H26N2O6. The topological polar surface area (TPSA) is 88.5 Å². The van der Waals surface area contributed by atoms with Crippen molar-refractivity contribution >= 4 is 17.4 Å². The van der Waals surface area contributed by atoms with Crippen LogP contribution in [0.25, 0.3) is 5.76 Å². The lowest BCUT2D eigenvalue weighted by atomic mass is 9.94. The van der Waals surface area contributed by atoms with Crippen molar-refractivity contribution in [3.63, 3.8) is 0 Å². The lowest BCUT2D eigenvalue weighted by molar-refractivity contribution is -0.140. The summed E-state index contributed by atoms with van der Waals surface area (Å²) in [6.45, 7) is 1.72. The Bertz CT molecular complexity index is 1080. The number of aliphatic hydroxyl groups is 1. The molecule has 0 bridgehead atoms. The Morgan fingerprint density at radius 1 is 1.12 bits per heavy atom. The van der Waals surface area contributed by atoms with Gasteiger partial charge in [0.25, 0.3) is 11.7 Å². The molecule has 168 valence electrons. The predicted molar refractivity (Wildman–Crippen MR) is 118 cm³/mol. The number of likely N-dealkylation sites (N-methyl/N-ethyl adjacent to an activating group) is 1. The molecule has 1 N–H and O–H groups in total. The summed E-state index contributed by atoms with van der Waals surface area (Å²) in [5, 5.41) is 11.2. The number of ketones is 1. The SMILES string of the molecule is COc1ccccc1[C@H]1/C(=C(\O)c2ccc3c(c2)OCCO3)C(=O)C(=O)N1CCN(C)C. The number of Topliss-reactive ketones (excluding diaryl/α,β-unsaturated/α-hetero) is 1. The number of hydrogen-bond acceptors (Lipinski definition) is 7. The summed E-state index contributed by atoms with van der Waals surface area (Å²) in [5.41, 5.74) is 1.03. The third-order valence-electron chi connectivity index (χ3n) is 5.58. The van der Waals surface area contributed by atoms with Gasteiger partial charge in [0.2, 0.25) is 0 Å². The van der Waals surface area contributed by atoms with E-state index < -0.39 is 17.7 Å². The molecule has 2 aromatic rings. The maximum absolute atomic E-state index is 13.1. The fourth-order valence-corrected chi connectivity index (χ4v) is 3.98. The van der Waals surface area contributed by atoms with Crippen molar-refractivity contribution in [1.82, 2.24) is 9.80 Å². The zero-order valence-electron chi connectivity index (χ0n) is 18.3. The molecule has 1 saturated heterocycles. The first-order chi connectivity index (χ1) is 15.4. The van der Waals surface area contributed by atoms with E-state index in [9.17, 15) is 14.7 Å². The summed E-state index contributed by atoms with van der Waals surface area (Å²) in [6.07, 6.45) is 0. The number of benzene rings is 2. The van der Waals surface area contributed by atoms with Crippen LogP contribution in [0.15, 0.2) is 48.0 Å². The molecule has 0 saturated carbocycles. The van der Waals surface area contributed by atoms with Crippen LogP contribution in [0.5, 0.6) is 17.2 Å². The number of hydrogen-bond donors (Lipinski definition) is 1. The van der Waals surface area contributed by atoms with Gasteiger partial charge >= 0.3 is 0 Å². The van der Waals surface area contributed by atoms with Gasteiger partial charge in [-0.15, -0.1) is 0 Å². The maximum Gasteiger partial charge on any atom is 0.295 e. The highest BCUT2D eigenvalue weighted by Crippen LogP contribution is 2.43. The molecule has 4 rings (SSSR count). The van der Waals surface area contributed by atoms with E-state index in [-0.39, 0.29) is 11.3 Å². The summed E-state index contributed by atoms with van der Waals surface area (Å²) in [6, 6.07) is 11.4. The van der Waals surface area contributed by atoms with Gasteiger partial charge in [-0.3, -0.25) is 9.59 Å². The molecule has 8 nitrogen and oxygen atoms in total. The lowest BCUT2D eigenvalue weighted by Crippen LogP contribution is -2.35. The summed E-state index contributed by atoms with van der Waals surface area (Å²) in [4.78, 5) is 29.6. The van der Waals surface area contributed by atoms with Gasteiger partial charge in [0.15, 0.2) is 11.5 Å². The number of likely N-dealkylation sites (tertiary alicyclic amines) is 1. The number of ether oxygens (including phenoxy) is 3. The molecule has 0 aromatic heterocycles. The van der Waals surface area contributed by atoms with E-state index >= 15 is 0 Å². The molecule has 2 heterocycles. The number of fused-ring (bicyclic) bond motifs is 1. The third-order valence-corrected chi connectivity index (χ3v) is 5.58. The largest absolute Gasteiger partial charge is 0.507 e. The van der Waals surface area contributed by atoms with Crippen LogP contribution in [-0.2, 0) is 9.59 Å². The van der Waals surface area contributed by atoms with Gasteiger partial charge in [-0.05, 0) is 38.4 Å². The monoisotopic (exact) mass is 438 g/mol. The molecule has 8 heteroatoms. The number of carbonyl (C=O) groups excluding carboxylic acids is 2. The van der Waals surface area contributed by atoms with E-state index in [2.05, 4.69) is 0 Å². The Labute approximate surface area is 186 Å². The highest BCUT2D eigenvalue weighted by atomic mass is 16.6. The van der Waals surface area contributed by atoms with Gasteiger partial charge in [0, 0.05) is 24.2 Å². The van der Waals surface area contributed by atoms with Crippen LogP contribution < -0.4 is 14.2 Å². The molecule has 2 aliphatic heterocycles. The van der Waals surface area contributed by atoms with Crippen LogP contribution in [0.3, 0.4) is 0 Å². The van der Waals surface area contributed by atoms with Crippen molar-refractivity contribution in [2.24, 2.45) is 0 Å². The van der Waals surface area contributed by atoms with Gasteiger partial charge in [0.1, 0.15) is 24.7 Å². The molecule has 2 aromatic carbocycles. The van der Waals surface area contributed by atoms with Gasteiger partial charge in [-0.2, -0.15) is 0 Å². The Kier molecular flexibility index (Phi) is 6.05. The predicted octanol–water partition coefficient (Wildman–Crippen LogP) is 2.45. The second-order valence-electron chi connectivity index (χ2n) is 7.90. The van der Waals surface area contributed by atoms with E-state index in [1.54, 1.807) is 30.3 Å². The molecule has 0 unspecified atom stereocenters. The highest BCUT2D eigenvalue weighted by molar-refractivity contribution is 6.46. The highest BCUT2D eigenvalue weighted by Gasteiger charge is 2.46. The first-order valence-electron chi connectivity index (χ1n) is 10.4. The minimum absolute atomic E-state index is 0.0231. The fraction of sp³-hybridized carbons (Fsp3) is 0.333. The quantitative estimate of drug-likeness (QED) is 0.421. The molecule has 1 fully saturated rings. The van der Waals surface area contributed by atoms with Crippen LogP contribution in [0, 0.1) is 0 Å². The number of aliphatic hydroxyl groups excluding tert-OH is 1. The van der Waals surface area contributed by atoms with Crippen molar-refractivity contribution in [3.8, 4) is 17.2 Å². The van der Waals surface area contributed by atoms with Gasteiger partial charge in [-0.25, -0.2) is 0 Å². The van der Waals surface area contributed by atoms with E-state index in [1.807, 2.05) is 31.1 Å². The average molecular weight is 438 g/mol. The van der Waals surface area contributed by atoms with E-state index in [0.717, 1.165) is 0 Å². The second kappa shape index (κ2) is 8.92. The minimum Gasteiger partial charge on any atom is -0.507 e. The summed E-state index contributed by atoms with van der Waals surface area (Å²) in [5.74, 6) is -0.0590. The zero-order chi connectivity index (χ0) is 22.8. The summed E-state index contributed by atoms with van der Waals surface area (Å²) >= 11 is 0. The Hall–Kier alpha value is -3.52. The van der Waals surface area contributed by atoms with Crippen molar-refractivity contribution in [3.05, 3.63) is 59.2 Å². The molecule has 32 heavy (non-hydrogen) atoms. The van der Waals surface area contributed by atoms with Crippen LogP contribution >= 0.6 is 0 Å². The lowest BCUT2D eigenvalue weighted by Gasteiger charge is -2.27. The Balaban J connectivity index is 1.85. The number of nitrogens with zero attached hydrogens (tertiary/aromatic N) is 2. The van der Waals surface area contributed by atoms with E-state index in [1.165, 1.54) is 12.0 Å². The van der Waals surface area contributed by atoms with Crippen molar-refractivity contribution in [2.75, 3.05) is 47.5 Å². The minimum atomic E-state index is -0.778. The molecule has 1 amide bonds. The van der Waals surface area contributed by atoms with Crippen LogP contribution in [-0.4, -0.2) is 74.1 Å². The van der Waals surface area contributed by atoms with Gasteiger partial charge in [-0.1, -0.05) is 18.2 Å². The fourth-order valence-electron chi connectivity index (χ4n) is 3.98. The molecule has 0 spiro atoms. The molecule has 0 radical (unpaired) electrons. The smallest absolute Gasteiger partial charge is 0.295 e. The Morgan fingerprint density at radius 3 is 2.56 bits per heavy atom. The van der Waals surface area contributed by atoms with E-state index in [0.29, 0.717) is 54.7 Å². The van der Waals surface area contributed by atoms with Crippen LogP contribution in [0.2, 0.25) is 0 Å². The number of para-hydroxylation sites is 1. The first-order valence-corrected chi connectivity index (χ1v) is 10.4. The van der Waals surface area contributed by atoms with Gasteiger partial charge in [0.05, 0.1) is 18.7 Å². The normalized spacial score (nSPS) is 19.5. The Morgan fingerprint density at radius 2 is 1.84 bits per heavy atom. The van der Waals surface area contributed by atoms with Crippen molar-refractivity contribution < 1.29 is 28.9 Å². The number of methoxy groups -OCH3 is 1. The molecule has 1 atom stereocenters. The molecular weight excluding hydrogens is 412 g/mol. The number of amides is 1. The third kappa shape index (κ3) is 3.89. The first kappa shape index (κ1) is 21.7. The van der Waals surface area contributed by atoms with E-state index in [4.69, 9.17) is 14.2 Å². The van der Waals surface area contributed by atoms with Crippen LogP contribution in [0.1, 0.15) is 17.2 Å². The summed E-state index contributed by atoms with van der Waals surface area (Å²) < 4.78 is 16.7. The standard InChI is InChI=1S/C24H26N2O6/c1-25(2)10-11-26-21(16-6-4-5-7-17(16)30-3)20(23(28)24(26)29)22(27)15-8-9-18-19(14-15)32-13-12-31-18/h4-9,14,21,27H,10-13H2,1-3H3/b22-20+/t21-/m0/s1. The summed E-state index contributed by atoms with van der Waals surface area (Å²) in [7, 11) is 5.32. The number of carbonyl (C=O) groups is 2. The van der Waals surface area contributed by atoms with Crippen molar-refractivity contribution in [2.45, 2.75) is 6.04 Å². The van der Waals surface area contributed by atoms with Crippen molar-refractivity contribution in [1.29, 1.82) is 0 Å². The maximum atomic E-state index is 13.1. The van der Waals surface area contributed by atoms with Crippen LogP contribution in [0.4, 0.5) is 0 Å². The molecule has 0 aliphatic carbocycles. The average Bonchev–Trinajstić information content (AvgIpc) is 3.06. The zero-order valence-corrected chi connectivity index (χ0v) is 18.3. The molecule has 2 aliphatic rings. The second-order valence-corrected chi connectivity index (χ2v) is 7.90.